The van der Waals surface area contributed by atoms with Crippen molar-refractivity contribution in [2.75, 3.05) is 0 Å². The summed E-state index contributed by atoms with van der Waals surface area (Å²) in [6.07, 6.45) is 18.5. The minimum Gasteiger partial charge on any atom is -0.472 e. The first-order valence-electron chi connectivity index (χ1n) is 21.1. The third-order valence-electron chi connectivity index (χ3n) is 10.3. The van der Waals surface area contributed by atoms with Crippen LogP contribution in [0, 0.1) is 0 Å². The monoisotopic (exact) mass is 1020 g/mol. The van der Waals surface area contributed by atoms with E-state index in [0.29, 0.717) is 65.3 Å². The number of furan rings is 2. The number of carbonyl (C=O) groups excluding carboxylic acids is 2. The molecule has 0 aliphatic heterocycles. The van der Waals surface area contributed by atoms with Gasteiger partial charge in [0.1, 0.15) is 12.5 Å². The summed E-state index contributed by atoms with van der Waals surface area (Å²) < 4.78 is 15.9. The third-order valence-corrected chi connectivity index (χ3v) is 13.2. The fraction of sp³-hybridized carbons (Fsp3) is 0.120. The Morgan fingerprint density at radius 2 is 1.19 bits per heavy atom. The molecule has 0 saturated carbocycles. The van der Waals surface area contributed by atoms with Gasteiger partial charge in [0, 0.05) is 87.5 Å². The highest BCUT2D eigenvalue weighted by Gasteiger charge is 2.20. The first-order valence-corrected chi connectivity index (χ1v) is 24.1. The summed E-state index contributed by atoms with van der Waals surface area (Å²) in [6, 6.07) is 28.7. The Morgan fingerprint density at radius 3 is 1.62 bits per heavy atom. The molecule has 0 spiro atoms. The summed E-state index contributed by atoms with van der Waals surface area (Å²) >= 11 is 20.6. The van der Waals surface area contributed by atoms with Crippen molar-refractivity contribution in [3.05, 3.63) is 232 Å². The van der Waals surface area contributed by atoms with Crippen molar-refractivity contribution in [3.8, 4) is 22.5 Å². The lowest BCUT2D eigenvalue weighted by molar-refractivity contribution is 0.0933. The van der Waals surface area contributed by atoms with Gasteiger partial charge >= 0.3 is 0 Å². The fourth-order valence-electron chi connectivity index (χ4n) is 6.89. The highest BCUT2D eigenvalue weighted by atomic mass is 35.5. The number of alkyl halides is 1. The molecule has 10 rings (SSSR count). The van der Waals surface area contributed by atoms with Gasteiger partial charge in [0.2, 0.25) is 5.56 Å². The molecule has 0 atom stereocenters. The van der Waals surface area contributed by atoms with Gasteiger partial charge in [-0.25, -0.2) is 9.36 Å². The van der Waals surface area contributed by atoms with Crippen molar-refractivity contribution in [3.63, 3.8) is 0 Å². The fourth-order valence-corrected chi connectivity index (χ4v) is 9.22. The van der Waals surface area contributed by atoms with Crippen LogP contribution in [0.2, 0.25) is 8.67 Å². The normalized spacial score (nSPS) is 10.8. The Morgan fingerprint density at radius 1 is 0.638 bits per heavy atom. The van der Waals surface area contributed by atoms with Crippen LogP contribution in [0.5, 0.6) is 0 Å². The van der Waals surface area contributed by atoms with E-state index in [2.05, 4.69) is 25.1 Å². The molecule has 0 saturated heterocycles. The van der Waals surface area contributed by atoms with E-state index < -0.39 is 0 Å². The zero-order valence-corrected chi connectivity index (χ0v) is 40.2. The van der Waals surface area contributed by atoms with Gasteiger partial charge in [0.15, 0.2) is 0 Å². The van der Waals surface area contributed by atoms with Crippen LogP contribution in [0.1, 0.15) is 53.0 Å². The van der Waals surface area contributed by atoms with E-state index in [-0.39, 0.29) is 22.9 Å². The number of carbonyl (C=O) groups is 2. The van der Waals surface area contributed by atoms with Gasteiger partial charge in [-0.15, -0.1) is 34.3 Å². The summed E-state index contributed by atoms with van der Waals surface area (Å²) in [4.78, 5) is 63.0. The van der Waals surface area contributed by atoms with Crippen molar-refractivity contribution in [1.29, 1.82) is 0 Å². The minimum atomic E-state index is -0.288. The summed E-state index contributed by atoms with van der Waals surface area (Å²) in [5.74, 6) is -0.0171. The number of rotatable bonds is 13. The molecule has 0 fully saturated rings. The van der Waals surface area contributed by atoms with Gasteiger partial charge < -0.3 is 18.4 Å². The number of halogens is 3. The highest BCUT2D eigenvalue weighted by molar-refractivity contribution is 7.16. The molecule has 0 unspecified atom stereocenters. The zero-order chi connectivity index (χ0) is 48.1. The first-order chi connectivity index (χ1) is 33.6. The molecular formula is C50H39Cl3N8O6S2. The van der Waals surface area contributed by atoms with Gasteiger partial charge in [-0.2, -0.15) is 10.2 Å². The van der Waals surface area contributed by atoms with E-state index >= 15 is 0 Å². The number of aromatic amines is 1. The molecule has 0 bridgehead atoms. The molecule has 0 aliphatic carbocycles. The van der Waals surface area contributed by atoms with Gasteiger partial charge in [0.25, 0.3) is 17.4 Å². The number of nitrogens with one attached hydrogen (secondary N) is 1. The summed E-state index contributed by atoms with van der Waals surface area (Å²) in [5, 5.41) is 9.00. The summed E-state index contributed by atoms with van der Waals surface area (Å²) in [6.45, 7) is 0.426. The Bertz CT molecular complexity index is 3380. The van der Waals surface area contributed by atoms with Crippen LogP contribution in [0.3, 0.4) is 0 Å². The van der Waals surface area contributed by atoms with Crippen LogP contribution in [-0.4, -0.2) is 50.9 Å². The minimum absolute atomic E-state index is 0.160. The van der Waals surface area contributed by atoms with Crippen LogP contribution >= 0.6 is 57.5 Å². The average molecular weight is 1020 g/mol. The predicted molar refractivity (Wildman–Crippen MR) is 268 cm³/mol. The Labute approximate surface area is 417 Å². The van der Waals surface area contributed by atoms with Crippen molar-refractivity contribution in [2.45, 2.75) is 38.1 Å². The highest BCUT2D eigenvalue weighted by Crippen LogP contribution is 2.27. The van der Waals surface area contributed by atoms with E-state index in [9.17, 15) is 19.2 Å². The van der Waals surface area contributed by atoms with Crippen LogP contribution in [-0.2, 0) is 38.1 Å². The van der Waals surface area contributed by atoms with Crippen molar-refractivity contribution < 1.29 is 18.4 Å². The number of nitrogens with zero attached hydrogens (tertiary/aromatic N) is 7. The maximum Gasteiger partial charge on any atom is 0.281 e. The topological polar surface area (TPSA) is 177 Å². The molecular weight excluding hydrogens is 979 g/mol. The third kappa shape index (κ3) is 12.9. The van der Waals surface area contributed by atoms with Crippen molar-refractivity contribution >= 4 is 69.3 Å². The second-order valence-electron chi connectivity index (χ2n) is 15.1. The average Bonchev–Trinajstić information content (AvgIpc) is 4.24. The second-order valence-corrected chi connectivity index (χ2v) is 19.0. The molecule has 14 nitrogen and oxygen atoms in total. The number of hydrogen-bond acceptors (Lipinski definition) is 12. The molecule has 10 heterocycles. The second kappa shape index (κ2) is 23.2. The van der Waals surface area contributed by atoms with E-state index in [1.54, 1.807) is 59.9 Å². The Hall–Kier alpha value is -7.21. The van der Waals surface area contributed by atoms with E-state index in [1.807, 2.05) is 66.7 Å². The van der Waals surface area contributed by atoms with Crippen molar-refractivity contribution in [2.24, 2.45) is 0 Å². The molecule has 1 N–H and O–H groups in total. The number of pyridine rings is 4. The van der Waals surface area contributed by atoms with Gasteiger partial charge in [-0.05, 0) is 110 Å². The molecule has 10 aromatic rings. The molecule has 10 aromatic heterocycles. The molecule has 0 aliphatic rings. The SMILES string of the molecule is ClCc1cccnc1.O=C(c1ccoc1)n1nc(-c2cc[nH]c(=O)c2)cc1CCc1ccc(Cl)s1.O=C(c1ccoc1)n1nc(-c2ccn(Cc3cccnc3)c(=O)c2)cc1CCc1ccc(Cl)s1. The summed E-state index contributed by atoms with van der Waals surface area (Å²) in [7, 11) is 0. The molecule has 69 heavy (non-hydrogen) atoms. The number of aromatic nitrogens is 8. The van der Waals surface area contributed by atoms with E-state index in [4.69, 9.17) is 43.6 Å². The standard InChI is InChI=1S/C25H19ClN4O3S.C19H14ClN3O3S.C6H6ClN/c26-23-6-5-21(34-23)4-3-20-13-22(28-30(20)25(32)19-8-11-33-16-19)18-7-10-29(24(31)12-18)15-17-2-1-9-27-14-17;20-17-4-3-15(27-17)2-1-14-10-16(12-5-7-21-18(24)9-12)22-23(14)19(25)13-6-8-26-11-13;7-4-6-2-1-3-8-5-6/h1-2,5-14,16H,3-4,15H2;3-11H,1-2H2,(H,21,24);1-3,5H,4H2. The lowest BCUT2D eigenvalue weighted by Gasteiger charge is -2.06. The molecule has 0 amide bonds. The van der Waals surface area contributed by atoms with Gasteiger partial charge in [-0.3, -0.25) is 29.1 Å². The number of hydrogen-bond donors (Lipinski definition) is 1. The van der Waals surface area contributed by atoms with Gasteiger partial charge in [-0.1, -0.05) is 35.3 Å². The predicted octanol–water partition coefficient (Wildman–Crippen LogP) is 10.8. The largest absolute Gasteiger partial charge is 0.472 e. The maximum atomic E-state index is 13.1. The van der Waals surface area contributed by atoms with Crippen molar-refractivity contribution in [1.82, 2.24) is 39.1 Å². The molecule has 19 heteroatoms. The lowest BCUT2D eigenvalue weighted by Crippen LogP contribution is -2.19. The van der Waals surface area contributed by atoms with Gasteiger partial charge in [0.05, 0.1) is 50.3 Å². The number of thiophene rings is 2. The molecule has 0 aromatic carbocycles. The first kappa shape index (κ1) is 48.3. The number of H-pyrrole nitrogens is 1. The zero-order valence-electron chi connectivity index (χ0n) is 36.3. The Kier molecular flexibility index (Phi) is 16.2. The quantitative estimate of drug-likeness (QED) is 0.109. The molecule has 0 radical (unpaired) electrons. The smallest absolute Gasteiger partial charge is 0.281 e. The Balaban J connectivity index is 0.000000163. The van der Waals surface area contributed by atoms with Crippen LogP contribution in [0.4, 0.5) is 0 Å². The number of aryl methyl sites for hydroxylation is 4. The van der Waals surface area contributed by atoms with Crippen LogP contribution < -0.4 is 11.1 Å². The lowest BCUT2D eigenvalue weighted by atomic mass is 10.1. The van der Waals surface area contributed by atoms with E-state index in [0.717, 1.165) is 47.4 Å². The molecule has 348 valence electrons. The van der Waals surface area contributed by atoms with Crippen LogP contribution in [0.15, 0.2) is 178 Å². The maximum absolute atomic E-state index is 13.1. The van der Waals surface area contributed by atoms with E-state index in [1.165, 1.54) is 69.2 Å². The van der Waals surface area contributed by atoms with Crippen LogP contribution in [0.25, 0.3) is 22.5 Å². The summed E-state index contributed by atoms with van der Waals surface area (Å²) in [5.41, 5.74) is 6.34.